The van der Waals surface area contributed by atoms with Gasteiger partial charge in [-0.05, 0) is 50.1 Å². The first-order chi connectivity index (χ1) is 18.6. The Kier molecular flexibility index (Phi) is 11.0. The molecule has 0 saturated heterocycles. The molecule has 0 atom stereocenters. The molecule has 0 bridgehead atoms. The molecule has 38 heavy (non-hydrogen) atoms. The quantitative estimate of drug-likeness (QED) is 0.198. The van der Waals surface area contributed by atoms with Gasteiger partial charge in [-0.15, -0.1) is 10.2 Å². The molecule has 1 heterocycles. The number of nitrogens with one attached hydrogen (secondary N) is 2. The second kappa shape index (κ2) is 14.9. The molecule has 0 radical (unpaired) electrons. The van der Waals surface area contributed by atoms with Crippen LogP contribution >= 0.6 is 0 Å². The van der Waals surface area contributed by atoms with Gasteiger partial charge in [-0.2, -0.15) is 10.5 Å². The van der Waals surface area contributed by atoms with E-state index < -0.39 is 0 Å². The third-order valence-corrected chi connectivity index (χ3v) is 5.46. The van der Waals surface area contributed by atoms with Gasteiger partial charge in [0.1, 0.15) is 41.7 Å². The Labute approximate surface area is 222 Å². The van der Waals surface area contributed by atoms with E-state index in [1.807, 2.05) is 43.3 Å². The summed E-state index contributed by atoms with van der Waals surface area (Å²) < 4.78 is 11.2. The van der Waals surface area contributed by atoms with Gasteiger partial charge in [-0.3, -0.25) is 0 Å². The Balaban J connectivity index is 1.64. The van der Waals surface area contributed by atoms with Crippen molar-refractivity contribution < 1.29 is 14.6 Å². The van der Waals surface area contributed by atoms with Crippen molar-refractivity contribution in [1.82, 2.24) is 4.98 Å². The largest absolute Gasteiger partial charge is 0.491 e. The molecular formula is C28H31N7O3. The predicted octanol–water partition coefficient (Wildman–Crippen LogP) is 5.16. The first-order valence-electron chi connectivity index (χ1n) is 12.3. The molecule has 10 heteroatoms. The summed E-state index contributed by atoms with van der Waals surface area (Å²) >= 11 is 0. The molecule has 0 aliphatic heterocycles. The van der Waals surface area contributed by atoms with Crippen molar-refractivity contribution in [2.24, 2.45) is 10.2 Å². The highest BCUT2D eigenvalue weighted by Gasteiger charge is 2.17. The number of rotatable bonds is 14. The zero-order valence-electron chi connectivity index (χ0n) is 21.6. The fourth-order valence-corrected chi connectivity index (χ4v) is 3.53. The van der Waals surface area contributed by atoms with Crippen molar-refractivity contribution in [1.29, 1.82) is 10.5 Å². The van der Waals surface area contributed by atoms with Crippen molar-refractivity contribution >= 4 is 23.0 Å². The van der Waals surface area contributed by atoms with Gasteiger partial charge in [0.15, 0.2) is 5.82 Å². The van der Waals surface area contributed by atoms with Gasteiger partial charge in [-0.25, -0.2) is 4.98 Å². The summed E-state index contributed by atoms with van der Waals surface area (Å²) in [5.74, 6) is 1.59. The van der Waals surface area contributed by atoms with Crippen molar-refractivity contribution in [3.8, 4) is 17.9 Å². The van der Waals surface area contributed by atoms with E-state index in [9.17, 15) is 15.6 Å². The van der Waals surface area contributed by atoms with E-state index in [1.54, 1.807) is 19.1 Å². The lowest BCUT2D eigenvalue weighted by molar-refractivity contribution is 0.0999. The SMILES string of the molecule is Cc1ccc(N=Nc2c(NCCO)nc(NCCCOCCOc3ccccc3)c(C#N)c2C)c(C#N)c1. The van der Waals surface area contributed by atoms with Crippen molar-refractivity contribution in [2.45, 2.75) is 20.3 Å². The second-order valence-electron chi connectivity index (χ2n) is 8.31. The van der Waals surface area contributed by atoms with Gasteiger partial charge in [-0.1, -0.05) is 24.3 Å². The van der Waals surface area contributed by atoms with Gasteiger partial charge < -0.3 is 25.2 Å². The Morgan fingerprint density at radius 1 is 0.921 bits per heavy atom. The molecule has 3 N–H and O–H groups in total. The molecule has 3 rings (SSSR count). The number of para-hydroxylation sites is 1. The maximum atomic E-state index is 9.84. The molecular weight excluding hydrogens is 482 g/mol. The molecule has 10 nitrogen and oxygen atoms in total. The summed E-state index contributed by atoms with van der Waals surface area (Å²) in [6, 6.07) is 19.2. The van der Waals surface area contributed by atoms with Crippen LogP contribution in [-0.4, -0.2) is 49.6 Å². The topological polar surface area (TPSA) is 148 Å². The fraction of sp³-hybridized carbons (Fsp3) is 0.321. The van der Waals surface area contributed by atoms with Crippen molar-refractivity contribution in [3.05, 3.63) is 70.8 Å². The lowest BCUT2D eigenvalue weighted by atomic mass is 10.1. The van der Waals surface area contributed by atoms with E-state index in [-0.39, 0.29) is 13.2 Å². The van der Waals surface area contributed by atoms with E-state index in [1.165, 1.54) is 0 Å². The number of azo groups is 1. The van der Waals surface area contributed by atoms with Crippen LogP contribution in [0, 0.1) is 36.5 Å². The Hall–Kier alpha value is -4.51. The Morgan fingerprint density at radius 3 is 2.45 bits per heavy atom. The number of aliphatic hydroxyl groups is 1. The number of aryl methyl sites for hydroxylation is 1. The number of hydrogen-bond donors (Lipinski definition) is 3. The summed E-state index contributed by atoms with van der Waals surface area (Å²) in [6.07, 6.45) is 0.697. The summed E-state index contributed by atoms with van der Waals surface area (Å²) in [7, 11) is 0. The summed E-state index contributed by atoms with van der Waals surface area (Å²) in [4.78, 5) is 4.56. The van der Waals surface area contributed by atoms with E-state index in [0.29, 0.717) is 72.5 Å². The molecule has 2 aromatic carbocycles. The molecule has 3 aromatic rings. The van der Waals surface area contributed by atoms with Crippen LogP contribution in [0.1, 0.15) is 28.7 Å². The number of ether oxygens (including phenoxy) is 2. The minimum atomic E-state index is -0.109. The number of hydrogen-bond acceptors (Lipinski definition) is 10. The number of nitriles is 2. The molecule has 196 valence electrons. The molecule has 0 amide bonds. The van der Waals surface area contributed by atoms with Crippen molar-refractivity contribution in [3.63, 3.8) is 0 Å². The van der Waals surface area contributed by atoms with Gasteiger partial charge in [0.25, 0.3) is 0 Å². The molecule has 0 aliphatic rings. The van der Waals surface area contributed by atoms with Crippen LogP contribution in [0.25, 0.3) is 0 Å². The standard InChI is InChI=1S/C28H31N7O3/c1-20-9-10-25(22(17-20)18-29)34-35-26-21(2)24(19-30)27(33-28(26)32-12-13-36)31-11-6-14-37-15-16-38-23-7-4-3-5-8-23/h3-5,7-10,17,36H,6,11-16H2,1-2H3,(H2,31,32,33). The Morgan fingerprint density at radius 2 is 1.71 bits per heavy atom. The Bertz CT molecular complexity index is 1310. The first kappa shape index (κ1) is 28.1. The van der Waals surface area contributed by atoms with Crippen LogP contribution in [0.5, 0.6) is 5.75 Å². The van der Waals surface area contributed by atoms with Gasteiger partial charge >= 0.3 is 0 Å². The third kappa shape index (κ3) is 8.00. The summed E-state index contributed by atoms with van der Waals surface area (Å²) in [5.41, 5.74) is 3.05. The van der Waals surface area contributed by atoms with Crippen LogP contribution in [0.15, 0.2) is 58.8 Å². The van der Waals surface area contributed by atoms with E-state index in [0.717, 1.165) is 11.3 Å². The van der Waals surface area contributed by atoms with Gasteiger partial charge in [0.05, 0.1) is 24.3 Å². The van der Waals surface area contributed by atoms with Crippen LogP contribution in [0.4, 0.5) is 23.0 Å². The minimum Gasteiger partial charge on any atom is -0.491 e. The first-order valence-corrected chi connectivity index (χ1v) is 12.3. The third-order valence-electron chi connectivity index (χ3n) is 5.46. The zero-order chi connectivity index (χ0) is 27.2. The van der Waals surface area contributed by atoms with Crippen LogP contribution in [0.2, 0.25) is 0 Å². The van der Waals surface area contributed by atoms with E-state index in [2.05, 4.69) is 38.0 Å². The van der Waals surface area contributed by atoms with Gasteiger partial charge in [0, 0.05) is 25.3 Å². The fourth-order valence-electron chi connectivity index (χ4n) is 3.53. The molecule has 0 fully saturated rings. The number of benzene rings is 2. The molecule has 0 aliphatic carbocycles. The van der Waals surface area contributed by atoms with Crippen molar-refractivity contribution in [2.75, 3.05) is 50.2 Å². The molecule has 1 aromatic heterocycles. The van der Waals surface area contributed by atoms with Crippen LogP contribution in [-0.2, 0) is 4.74 Å². The molecule has 0 unspecified atom stereocenters. The highest BCUT2D eigenvalue weighted by molar-refractivity contribution is 5.74. The number of nitrogens with zero attached hydrogens (tertiary/aromatic N) is 5. The average molecular weight is 514 g/mol. The van der Waals surface area contributed by atoms with E-state index >= 15 is 0 Å². The maximum absolute atomic E-state index is 9.84. The van der Waals surface area contributed by atoms with Crippen LogP contribution in [0.3, 0.4) is 0 Å². The van der Waals surface area contributed by atoms with Crippen LogP contribution < -0.4 is 15.4 Å². The monoisotopic (exact) mass is 513 g/mol. The number of aliphatic hydroxyl groups excluding tert-OH is 1. The minimum absolute atomic E-state index is 0.109. The number of pyridine rings is 1. The predicted molar refractivity (Wildman–Crippen MR) is 145 cm³/mol. The normalized spacial score (nSPS) is 10.7. The number of anilines is 2. The highest BCUT2D eigenvalue weighted by atomic mass is 16.5. The smallest absolute Gasteiger partial charge is 0.156 e. The number of aromatic nitrogens is 1. The maximum Gasteiger partial charge on any atom is 0.156 e. The molecule has 0 saturated carbocycles. The highest BCUT2D eigenvalue weighted by Crippen LogP contribution is 2.35. The lowest BCUT2D eigenvalue weighted by Crippen LogP contribution is -2.13. The molecule has 0 spiro atoms. The van der Waals surface area contributed by atoms with Gasteiger partial charge in [0.2, 0.25) is 0 Å². The second-order valence-corrected chi connectivity index (χ2v) is 8.31. The lowest BCUT2D eigenvalue weighted by Gasteiger charge is -2.15. The summed E-state index contributed by atoms with van der Waals surface area (Å²) in [6.45, 7) is 5.78. The zero-order valence-corrected chi connectivity index (χ0v) is 21.6. The summed E-state index contributed by atoms with van der Waals surface area (Å²) in [5, 5.41) is 43.4. The average Bonchev–Trinajstić information content (AvgIpc) is 2.93. The van der Waals surface area contributed by atoms with E-state index in [4.69, 9.17) is 9.47 Å².